The van der Waals surface area contributed by atoms with Gasteiger partial charge in [0.25, 0.3) is 11.8 Å². The molecule has 4 aromatic rings. The van der Waals surface area contributed by atoms with Crippen LogP contribution in [0.1, 0.15) is 70.1 Å². The largest absolute Gasteiger partial charge is 0.321 e. The molecule has 1 aliphatic carbocycles. The van der Waals surface area contributed by atoms with Gasteiger partial charge in [-0.3, -0.25) is 14.4 Å². The van der Waals surface area contributed by atoms with Gasteiger partial charge in [0.2, 0.25) is 5.91 Å². The maximum atomic E-state index is 13.5. The summed E-state index contributed by atoms with van der Waals surface area (Å²) in [6, 6.07) is 26.1. The maximum Gasteiger partial charge on any atom is 0.272 e. The van der Waals surface area contributed by atoms with E-state index < -0.39 is 11.8 Å². The lowest BCUT2D eigenvalue weighted by molar-refractivity contribution is -0.114. The Morgan fingerprint density at radius 3 is 2.44 bits per heavy atom. The first kappa shape index (κ1) is 31.8. The van der Waals surface area contributed by atoms with E-state index in [2.05, 4.69) is 35.9 Å². The summed E-state index contributed by atoms with van der Waals surface area (Å²) in [5, 5.41) is 18.9. The van der Waals surface area contributed by atoms with E-state index in [-0.39, 0.29) is 17.4 Å². The van der Waals surface area contributed by atoms with Gasteiger partial charge in [0.1, 0.15) is 16.8 Å². The lowest BCUT2D eigenvalue weighted by Gasteiger charge is -2.13. The number of thioether (sulfide) groups is 1. The van der Waals surface area contributed by atoms with Gasteiger partial charge in [-0.15, -0.1) is 23.1 Å². The number of anilines is 2. The van der Waals surface area contributed by atoms with Crippen molar-refractivity contribution in [3.8, 4) is 6.07 Å². The van der Waals surface area contributed by atoms with Gasteiger partial charge >= 0.3 is 0 Å². The van der Waals surface area contributed by atoms with E-state index in [1.807, 2.05) is 36.4 Å². The van der Waals surface area contributed by atoms with E-state index >= 15 is 0 Å². The highest BCUT2D eigenvalue weighted by molar-refractivity contribution is 8.00. The summed E-state index contributed by atoms with van der Waals surface area (Å²) in [6.45, 7) is 4.23. The second kappa shape index (κ2) is 14.9. The number of aryl methyl sites for hydroxylation is 1. The number of nitriles is 1. The molecule has 0 saturated carbocycles. The molecular weight excluding hydrogens is 601 g/mol. The fourth-order valence-electron chi connectivity index (χ4n) is 5.03. The number of hydrogen-bond acceptors (Lipinski definition) is 6. The van der Waals surface area contributed by atoms with Gasteiger partial charge in [-0.1, -0.05) is 62.4 Å². The highest BCUT2D eigenvalue weighted by Crippen LogP contribution is 2.37. The Bertz CT molecular complexity index is 1770. The first-order valence-electron chi connectivity index (χ1n) is 14.9. The Kier molecular flexibility index (Phi) is 10.5. The zero-order valence-corrected chi connectivity index (χ0v) is 26.8. The minimum atomic E-state index is -0.474. The molecule has 0 radical (unpaired) electrons. The molecule has 1 aromatic heterocycles. The zero-order chi connectivity index (χ0) is 31.8. The van der Waals surface area contributed by atoms with Crippen molar-refractivity contribution >= 4 is 57.6 Å². The Hall–Kier alpha value is -4.65. The van der Waals surface area contributed by atoms with Crippen molar-refractivity contribution in [2.45, 2.75) is 50.3 Å². The predicted molar refractivity (Wildman–Crippen MR) is 183 cm³/mol. The highest BCUT2D eigenvalue weighted by atomic mass is 32.2. The second-order valence-electron chi connectivity index (χ2n) is 11.0. The van der Waals surface area contributed by atoms with Gasteiger partial charge in [-0.25, -0.2) is 0 Å². The summed E-state index contributed by atoms with van der Waals surface area (Å²) in [5.41, 5.74) is 4.70. The third kappa shape index (κ3) is 8.29. The third-order valence-electron chi connectivity index (χ3n) is 7.44. The average Bonchev–Trinajstić information content (AvgIpc) is 3.41. The first-order valence-corrected chi connectivity index (χ1v) is 16.7. The molecule has 3 amide bonds. The summed E-state index contributed by atoms with van der Waals surface area (Å²) in [7, 11) is 0. The van der Waals surface area contributed by atoms with Crippen LogP contribution in [-0.4, -0.2) is 23.5 Å². The summed E-state index contributed by atoms with van der Waals surface area (Å²) >= 11 is 2.84. The van der Waals surface area contributed by atoms with Crippen molar-refractivity contribution < 1.29 is 14.4 Å². The highest BCUT2D eigenvalue weighted by Gasteiger charge is 2.22. The van der Waals surface area contributed by atoms with Crippen LogP contribution in [0.2, 0.25) is 0 Å². The molecule has 5 rings (SSSR count). The second-order valence-corrected chi connectivity index (χ2v) is 13.2. The molecule has 228 valence electrons. The van der Waals surface area contributed by atoms with Crippen LogP contribution in [-0.2, 0) is 22.4 Å². The van der Waals surface area contributed by atoms with E-state index in [4.69, 9.17) is 0 Å². The number of carbonyl (C=O) groups excluding carboxylic acids is 3. The fourth-order valence-corrected chi connectivity index (χ4v) is 7.04. The normalized spacial score (nSPS) is 12.6. The molecule has 0 aliphatic heterocycles. The standard InChI is InChI=1S/C36H34N4O3S2/c1-23(2)25-17-15-24(16-18-25)19-31(39-34(42)26-9-4-3-5-10-26)35(43)38-27-11-8-12-28(20-27)44-22-33(41)40-36-30(21-37)29-13-6-7-14-32(29)45-36/h3-5,8-12,15-20,23H,6-7,13-14,22H2,1-2H3,(H,38,43)(H,39,42)(H,40,41)/b31-19+. The number of nitrogens with one attached hydrogen (secondary N) is 3. The molecule has 3 aromatic carbocycles. The number of fused-ring (bicyclic) bond motifs is 1. The average molecular weight is 635 g/mol. The van der Waals surface area contributed by atoms with E-state index in [1.54, 1.807) is 48.5 Å². The van der Waals surface area contributed by atoms with Crippen molar-refractivity contribution in [1.82, 2.24) is 5.32 Å². The fraction of sp³-hybridized carbons (Fsp3) is 0.222. The molecule has 1 aliphatic rings. The quantitative estimate of drug-likeness (QED) is 0.122. The van der Waals surface area contributed by atoms with Crippen molar-refractivity contribution in [2.75, 3.05) is 16.4 Å². The number of hydrogen-bond donors (Lipinski definition) is 3. The molecule has 0 fully saturated rings. The van der Waals surface area contributed by atoms with Crippen LogP contribution in [0.5, 0.6) is 0 Å². The maximum absolute atomic E-state index is 13.5. The van der Waals surface area contributed by atoms with Gasteiger partial charge < -0.3 is 16.0 Å². The molecule has 0 bridgehead atoms. The first-order chi connectivity index (χ1) is 21.8. The smallest absolute Gasteiger partial charge is 0.272 e. The Balaban J connectivity index is 1.26. The SMILES string of the molecule is CC(C)c1ccc(/C=C(/NC(=O)c2ccccc2)C(=O)Nc2cccc(SCC(=O)Nc3sc4c(c3C#N)CCCC4)c2)cc1. The van der Waals surface area contributed by atoms with Gasteiger partial charge in [-0.05, 0) is 84.7 Å². The molecule has 7 nitrogen and oxygen atoms in total. The van der Waals surface area contributed by atoms with Crippen molar-refractivity contribution in [3.05, 3.63) is 117 Å². The Labute approximate surface area is 271 Å². The number of thiophene rings is 1. The topological polar surface area (TPSA) is 111 Å². The van der Waals surface area contributed by atoms with E-state index in [0.717, 1.165) is 41.7 Å². The minimum Gasteiger partial charge on any atom is -0.321 e. The van der Waals surface area contributed by atoms with E-state index in [1.165, 1.54) is 33.5 Å². The molecular formula is C36H34N4O3S2. The molecule has 0 unspecified atom stereocenters. The van der Waals surface area contributed by atoms with Gasteiger partial charge in [0.15, 0.2) is 0 Å². The summed E-state index contributed by atoms with van der Waals surface area (Å²) in [4.78, 5) is 41.3. The van der Waals surface area contributed by atoms with Gasteiger partial charge in [-0.2, -0.15) is 5.26 Å². The van der Waals surface area contributed by atoms with Crippen molar-refractivity contribution in [1.29, 1.82) is 5.26 Å². The Morgan fingerprint density at radius 1 is 0.956 bits per heavy atom. The number of amides is 3. The molecule has 3 N–H and O–H groups in total. The molecule has 9 heteroatoms. The van der Waals surface area contributed by atoms with Crippen LogP contribution in [0, 0.1) is 11.3 Å². The van der Waals surface area contributed by atoms with Crippen molar-refractivity contribution in [2.24, 2.45) is 0 Å². The van der Waals surface area contributed by atoms with Crippen LogP contribution in [0.3, 0.4) is 0 Å². The lowest BCUT2D eigenvalue weighted by atomic mass is 9.96. The number of carbonyl (C=O) groups is 3. The van der Waals surface area contributed by atoms with Gasteiger partial charge in [0, 0.05) is 21.0 Å². The monoisotopic (exact) mass is 634 g/mol. The minimum absolute atomic E-state index is 0.102. The van der Waals surface area contributed by atoms with Crippen LogP contribution in [0.15, 0.2) is 89.5 Å². The molecule has 45 heavy (non-hydrogen) atoms. The summed E-state index contributed by atoms with van der Waals surface area (Å²) in [5.74, 6) is -0.539. The molecule has 0 spiro atoms. The Morgan fingerprint density at radius 2 is 1.71 bits per heavy atom. The third-order valence-corrected chi connectivity index (χ3v) is 9.64. The predicted octanol–water partition coefficient (Wildman–Crippen LogP) is 7.76. The number of benzene rings is 3. The molecule has 1 heterocycles. The number of nitrogens with zero attached hydrogens (tertiary/aromatic N) is 1. The zero-order valence-electron chi connectivity index (χ0n) is 25.2. The molecule has 0 saturated heterocycles. The van der Waals surface area contributed by atoms with Crippen LogP contribution < -0.4 is 16.0 Å². The number of rotatable bonds is 10. The summed E-state index contributed by atoms with van der Waals surface area (Å²) < 4.78 is 0. The van der Waals surface area contributed by atoms with Crippen LogP contribution >= 0.6 is 23.1 Å². The van der Waals surface area contributed by atoms with E-state index in [0.29, 0.717) is 27.7 Å². The lowest BCUT2D eigenvalue weighted by Crippen LogP contribution is -2.30. The summed E-state index contributed by atoms with van der Waals surface area (Å²) in [6.07, 6.45) is 5.67. The van der Waals surface area contributed by atoms with Crippen LogP contribution in [0.4, 0.5) is 10.7 Å². The van der Waals surface area contributed by atoms with E-state index in [9.17, 15) is 19.6 Å². The molecule has 0 atom stereocenters. The van der Waals surface area contributed by atoms with Gasteiger partial charge in [0.05, 0.1) is 11.3 Å². The van der Waals surface area contributed by atoms with Crippen LogP contribution in [0.25, 0.3) is 6.08 Å². The van der Waals surface area contributed by atoms with Crippen molar-refractivity contribution in [3.63, 3.8) is 0 Å².